The lowest BCUT2D eigenvalue weighted by molar-refractivity contribution is -0.140. The van der Waals surface area contributed by atoms with Crippen LogP contribution in [0, 0.1) is 6.92 Å². The zero-order chi connectivity index (χ0) is 27.9. The molecule has 2 amide bonds. The molecule has 1 N–H and O–H groups in total. The third kappa shape index (κ3) is 7.36. The van der Waals surface area contributed by atoms with Gasteiger partial charge in [-0.2, -0.15) is 0 Å². The maximum Gasteiger partial charge on any atom is 0.264 e. The molecule has 0 bridgehead atoms. The van der Waals surface area contributed by atoms with E-state index in [1.54, 1.807) is 60.7 Å². The van der Waals surface area contributed by atoms with Crippen LogP contribution in [0.25, 0.3) is 0 Å². The number of carbonyl (C=O) groups is 2. The van der Waals surface area contributed by atoms with Crippen LogP contribution < -0.4 is 9.62 Å². The molecule has 0 spiro atoms. The largest absolute Gasteiger partial charge is 0.352 e. The molecule has 38 heavy (non-hydrogen) atoms. The second-order valence-corrected chi connectivity index (χ2v) is 11.7. The summed E-state index contributed by atoms with van der Waals surface area (Å²) in [5.41, 5.74) is 1.99. The van der Waals surface area contributed by atoms with Gasteiger partial charge in [-0.3, -0.25) is 13.9 Å². The highest BCUT2D eigenvalue weighted by atomic mass is 35.5. The lowest BCUT2D eigenvalue weighted by Gasteiger charge is -2.33. The number of rotatable bonds is 11. The summed E-state index contributed by atoms with van der Waals surface area (Å²) in [4.78, 5) is 28.6. The molecule has 0 aliphatic heterocycles. The zero-order valence-electron chi connectivity index (χ0n) is 22.1. The summed E-state index contributed by atoms with van der Waals surface area (Å²) >= 11 is 6.05. The quantitative estimate of drug-likeness (QED) is 0.353. The molecular formula is C29H34ClN3O4S. The second-order valence-electron chi connectivity index (χ2n) is 9.40. The van der Waals surface area contributed by atoms with Gasteiger partial charge in [-0.15, -0.1) is 0 Å². The van der Waals surface area contributed by atoms with E-state index < -0.39 is 28.5 Å². The van der Waals surface area contributed by atoms with E-state index in [4.69, 9.17) is 11.6 Å². The van der Waals surface area contributed by atoms with Crippen molar-refractivity contribution in [2.24, 2.45) is 0 Å². The first-order chi connectivity index (χ1) is 18.0. The molecule has 3 aromatic rings. The van der Waals surface area contributed by atoms with Gasteiger partial charge in [0.05, 0.1) is 10.6 Å². The SMILES string of the molecule is CCC(C(=O)NC(C)C)N(Cc1ccc(Cl)cc1)C(=O)CN(c1cccc(C)c1)S(=O)(=O)c1ccccc1. The summed E-state index contributed by atoms with van der Waals surface area (Å²) < 4.78 is 28.7. The van der Waals surface area contributed by atoms with Crippen LogP contribution >= 0.6 is 11.6 Å². The molecule has 3 aromatic carbocycles. The molecule has 0 saturated heterocycles. The van der Waals surface area contributed by atoms with Crippen molar-refractivity contribution in [1.82, 2.24) is 10.2 Å². The minimum Gasteiger partial charge on any atom is -0.352 e. The first kappa shape index (κ1) is 29.2. The van der Waals surface area contributed by atoms with Gasteiger partial charge in [0.2, 0.25) is 11.8 Å². The van der Waals surface area contributed by atoms with Gasteiger partial charge in [0.15, 0.2) is 0 Å². The topological polar surface area (TPSA) is 86.8 Å². The van der Waals surface area contributed by atoms with Crippen LogP contribution in [0.15, 0.2) is 83.8 Å². The van der Waals surface area contributed by atoms with E-state index in [1.165, 1.54) is 17.0 Å². The van der Waals surface area contributed by atoms with Crippen LogP contribution in [-0.2, 0) is 26.2 Å². The maximum absolute atomic E-state index is 14.0. The predicted molar refractivity (Wildman–Crippen MR) is 152 cm³/mol. The highest BCUT2D eigenvalue weighted by Gasteiger charge is 2.33. The van der Waals surface area contributed by atoms with Gasteiger partial charge >= 0.3 is 0 Å². The molecule has 0 fully saturated rings. The number of anilines is 1. The summed E-state index contributed by atoms with van der Waals surface area (Å²) in [6, 6.07) is 21.1. The van der Waals surface area contributed by atoms with Gasteiger partial charge in [0.1, 0.15) is 12.6 Å². The number of carbonyl (C=O) groups excluding carboxylic acids is 2. The van der Waals surface area contributed by atoms with Crippen LogP contribution in [0.1, 0.15) is 38.3 Å². The first-order valence-electron chi connectivity index (χ1n) is 12.5. The Morgan fingerprint density at radius 1 is 0.947 bits per heavy atom. The van der Waals surface area contributed by atoms with E-state index in [9.17, 15) is 18.0 Å². The van der Waals surface area contributed by atoms with Crippen LogP contribution in [0.3, 0.4) is 0 Å². The molecule has 9 heteroatoms. The standard InChI is InChI=1S/C29H34ClN3O4S/c1-5-27(29(35)31-21(2)3)32(19-23-14-16-24(30)17-15-23)28(34)20-33(25-11-9-10-22(4)18-25)38(36,37)26-12-7-6-8-13-26/h6-18,21,27H,5,19-20H2,1-4H3,(H,31,35). The number of nitrogens with zero attached hydrogens (tertiary/aromatic N) is 2. The third-order valence-corrected chi connectivity index (χ3v) is 8.02. The Balaban J connectivity index is 2.05. The molecule has 0 saturated carbocycles. The van der Waals surface area contributed by atoms with Crippen LogP contribution in [0.5, 0.6) is 0 Å². The van der Waals surface area contributed by atoms with Gasteiger partial charge in [0, 0.05) is 17.6 Å². The molecular weight excluding hydrogens is 522 g/mol. The fourth-order valence-corrected chi connectivity index (χ4v) is 5.67. The molecule has 0 aromatic heterocycles. The number of aryl methyl sites for hydroxylation is 1. The molecule has 0 radical (unpaired) electrons. The number of amides is 2. The van der Waals surface area contributed by atoms with Crippen molar-refractivity contribution < 1.29 is 18.0 Å². The highest BCUT2D eigenvalue weighted by Crippen LogP contribution is 2.25. The number of benzene rings is 3. The van der Waals surface area contributed by atoms with Crippen molar-refractivity contribution in [3.05, 3.63) is 95.0 Å². The van der Waals surface area contributed by atoms with Crippen molar-refractivity contribution >= 4 is 39.1 Å². The van der Waals surface area contributed by atoms with Crippen molar-refractivity contribution in [3.63, 3.8) is 0 Å². The Bertz CT molecular complexity index is 1350. The second kappa shape index (κ2) is 12.9. The number of hydrogen-bond donors (Lipinski definition) is 1. The molecule has 0 aliphatic carbocycles. The molecule has 202 valence electrons. The Labute approximate surface area is 230 Å². The van der Waals surface area contributed by atoms with E-state index in [2.05, 4.69) is 5.32 Å². The Hall–Kier alpha value is -3.36. The van der Waals surface area contributed by atoms with Gasteiger partial charge < -0.3 is 10.2 Å². The Kier molecular flexibility index (Phi) is 9.94. The van der Waals surface area contributed by atoms with E-state index in [0.717, 1.165) is 15.4 Å². The minimum absolute atomic E-state index is 0.0724. The highest BCUT2D eigenvalue weighted by molar-refractivity contribution is 7.92. The van der Waals surface area contributed by atoms with Crippen molar-refractivity contribution in [3.8, 4) is 0 Å². The summed E-state index contributed by atoms with van der Waals surface area (Å²) in [6.07, 6.45) is 0.355. The molecule has 3 rings (SSSR count). The van der Waals surface area contributed by atoms with Crippen molar-refractivity contribution in [1.29, 1.82) is 0 Å². The van der Waals surface area contributed by atoms with Crippen LogP contribution in [0.2, 0.25) is 5.02 Å². The van der Waals surface area contributed by atoms with E-state index in [1.807, 2.05) is 33.8 Å². The zero-order valence-corrected chi connectivity index (χ0v) is 23.7. The Morgan fingerprint density at radius 3 is 2.18 bits per heavy atom. The smallest absolute Gasteiger partial charge is 0.264 e. The Morgan fingerprint density at radius 2 is 1.61 bits per heavy atom. The number of nitrogens with one attached hydrogen (secondary N) is 1. The number of hydrogen-bond acceptors (Lipinski definition) is 4. The summed E-state index contributed by atoms with van der Waals surface area (Å²) in [7, 11) is -4.08. The average Bonchev–Trinajstić information content (AvgIpc) is 2.88. The summed E-state index contributed by atoms with van der Waals surface area (Å²) in [5, 5.41) is 3.44. The van der Waals surface area contributed by atoms with E-state index in [0.29, 0.717) is 17.1 Å². The third-order valence-electron chi connectivity index (χ3n) is 5.98. The fourth-order valence-electron chi connectivity index (χ4n) is 4.12. The van der Waals surface area contributed by atoms with Crippen molar-refractivity contribution in [2.45, 2.75) is 57.6 Å². The minimum atomic E-state index is -4.08. The predicted octanol–water partition coefficient (Wildman–Crippen LogP) is 5.18. The monoisotopic (exact) mass is 555 g/mol. The van der Waals surface area contributed by atoms with Crippen molar-refractivity contribution in [2.75, 3.05) is 10.8 Å². The molecule has 0 heterocycles. The first-order valence-corrected chi connectivity index (χ1v) is 14.3. The van der Waals surface area contributed by atoms with Crippen LogP contribution in [0.4, 0.5) is 5.69 Å². The fraction of sp³-hybridized carbons (Fsp3) is 0.310. The van der Waals surface area contributed by atoms with Gasteiger partial charge in [-0.05, 0) is 74.7 Å². The lowest BCUT2D eigenvalue weighted by atomic mass is 10.1. The van der Waals surface area contributed by atoms with Gasteiger partial charge in [-0.25, -0.2) is 8.42 Å². The molecule has 1 atom stereocenters. The number of halogens is 1. The summed E-state index contributed by atoms with van der Waals surface area (Å²) in [6.45, 7) is 7.02. The lowest BCUT2D eigenvalue weighted by Crippen LogP contribution is -2.53. The molecule has 7 nitrogen and oxygen atoms in total. The summed E-state index contributed by atoms with van der Waals surface area (Å²) in [5.74, 6) is -0.787. The van der Waals surface area contributed by atoms with Gasteiger partial charge in [0.25, 0.3) is 10.0 Å². The van der Waals surface area contributed by atoms with E-state index >= 15 is 0 Å². The van der Waals surface area contributed by atoms with Gasteiger partial charge in [-0.1, -0.05) is 61.0 Å². The van der Waals surface area contributed by atoms with E-state index in [-0.39, 0.29) is 23.4 Å². The van der Waals surface area contributed by atoms with Crippen LogP contribution in [-0.4, -0.2) is 43.8 Å². The molecule has 1 unspecified atom stereocenters. The number of sulfonamides is 1. The normalized spacial score (nSPS) is 12.2. The maximum atomic E-state index is 14.0. The molecule has 0 aliphatic rings. The average molecular weight is 556 g/mol.